The first-order chi connectivity index (χ1) is 12.9. The molecule has 1 aromatic rings. The minimum Gasteiger partial charge on any atom is -0.369 e. The molecule has 0 saturated carbocycles. The van der Waals surface area contributed by atoms with E-state index >= 15 is 0 Å². The number of nitrogens with one attached hydrogen (secondary N) is 2. The van der Waals surface area contributed by atoms with Gasteiger partial charge >= 0.3 is 0 Å². The van der Waals surface area contributed by atoms with Gasteiger partial charge < -0.3 is 15.5 Å². The molecule has 2 fully saturated rings. The van der Waals surface area contributed by atoms with Gasteiger partial charge in [-0.3, -0.25) is 9.89 Å². The Kier molecular flexibility index (Phi) is 8.75. The van der Waals surface area contributed by atoms with E-state index in [0.717, 1.165) is 45.0 Å². The Balaban J connectivity index is 0.00000280. The quantitative estimate of drug-likeness (QED) is 0.339. The Hall–Kier alpha value is -1.14. The highest BCUT2D eigenvalue weighted by Gasteiger charge is 2.28. The third kappa shape index (κ3) is 6.73. The number of aliphatic imine (C=N–C) groups is 1. The maximum Gasteiger partial charge on any atom is 0.191 e. The van der Waals surface area contributed by atoms with Crippen LogP contribution in [0.15, 0.2) is 29.3 Å². The number of guanidine groups is 1. The summed E-state index contributed by atoms with van der Waals surface area (Å²) >= 11 is 0. The molecule has 158 valence electrons. The first-order valence-electron chi connectivity index (χ1n) is 9.36. The smallest absolute Gasteiger partial charge is 0.191 e. The van der Waals surface area contributed by atoms with Gasteiger partial charge in [0.05, 0.1) is 11.5 Å². The maximum atomic E-state index is 13.0. The van der Waals surface area contributed by atoms with Crippen LogP contribution >= 0.6 is 24.0 Å². The molecule has 2 saturated heterocycles. The van der Waals surface area contributed by atoms with Gasteiger partial charge in [-0.25, -0.2) is 12.8 Å². The Morgan fingerprint density at radius 3 is 2.46 bits per heavy atom. The van der Waals surface area contributed by atoms with Crippen molar-refractivity contribution >= 4 is 45.5 Å². The lowest BCUT2D eigenvalue weighted by atomic mass is 10.2. The topological polar surface area (TPSA) is 77.0 Å². The van der Waals surface area contributed by atoms with E-state index in [2.05, 4.69) is 25.4 Å². The lowest BCUT2D eigenvalue weighted by molar-refractivity contribution is 0.261. The van der Waals surface area contributed by atoms with Crippen LogP contribution < -0.4 is 15.5 Å². The van der Waals surface area contributed by atoms with Gasteiger partial charge in [-0.15, -0.1) is 24.0 Å². The molecule has 0 aromatic heterocycles. The number of hydrogen-bond acceptors (Lipinski definition) is 5. The monoisotopic (exact) mass is 525 g/mol. The molecule has 0 spiro atoms. The first kappa shape index (κ1) is 23.1. The predicted molar refractivity (Wildman–Crippen MR) is 122 cm³/mol. The molecule has 2 N–H and O–H groups in total. The summed E-state index contributed by atoms with van der Waals surface area (Å²) in [6, 6.07) is 6.59. The van der Waals surface area contributed by atoms with Crippen molar-refractivity contribution in [3.8, 4) is 0 Å². The second-order valence-electron chi connectivity index (χ2n) is 7.05. The van der Waals surface area contributed by atoms with Crippen molar-refractivity contribution in [2.75, 3.05) is 62.7 Å². The van der Waals surface area contributed by atoms with Crippen molar-refractivity contribution in [2.45, 2.75) is 12.5 Å². The van der Waals surface area contributed by atoms with Crippen molar-refractivity contribution in [3.05, 3.63) is 30.1 Å². The minimum absolute atomic E-state index is 0. The fourth-order valence-electron chi connectivity index (χ4n) is 3.51. The van der Waals surface area contributed by atoms with Gasteiger partial charge in [0.25, 0.3) is 0 Å². The maximum absolute atomic E-state index is 13.0. The zero-order chi connectivity index (χ0) is 19.3. The second-order valence-corrected chi connectivity index (χ2v) is 9.28. The molecule has 1 aromatic carbocycles. The number of rotatable bonds is 5. The third-order valence-electron chi connectivity index (χ3n) is 5.08. The molecule has 2 aliphatic rings. The normalized spacial score (nSPS) is 22.6. The van der Waals surface area contributed by atoms with Crippen molar-refractivity contribution in [1.82, 2.24) is 15.5 Å². The standard InChI is InChI=1S/C18H28FN5O2S.HI/c1-20-18(22-16-6-13-27(25,26)14-16)21-7-8-23-9-11-24(12-10-23)17-4-2-15(19)3-5-17;/h2-5,16H,6-14H2,1H3,(H2,20,21,22);1H. The summed E-state index contributed by atoms with van der Waals surface area (Å²) in [6.07, 6.45) is 0.633. The van der Waals surface area contributed by atoms with E-state index < -0.39 is 9.84 Å². The summed E-state index contributed by atoms with van der Waals surface area (Å²) in [5.41, 5.74) is 1.06. The molecule has 2 aliphatic heterocycles. The minimum atomic E-state index is -2.90. The summed E-state index contributed by atoms with van der Waals surface area (Å²) in [6.45, 7) is 5.37. The number of halogens is 2. The van der Waals surface area contributed by atoms with Crippen LogP contribution in [-0.4, -0.2) is 83.1 Å². The molecule has 3 rings (SSSR count). The van der Waals surface area contributed by atoms with Crippen molar-refractivity contribution < 1.29 is 12.8 Å². The fraction of sp³-hybridized carbons (Fsp3) is 0.611. The molecule has 7 nitrogen and oxygen atoms in total. The lowest BCUT2D eigenvalue weighted by Gasteiger charge is -2.36. The molecule has 28 heavy (non-hydrogen) atoms. The van der Waals surface area contributed by atoms with Gasteiger partial charge in [-0.2, -0.15) is 0 Å². The van der Waals surface area contributed by atoms with E-state index in [1.54, 1.807) is 7.05 Å². The van der Waals surface area contributed by atoms with Crippen LogP contribution in [0.3, 0.4) is 0 Å². The molecule has 1 atom stereocenters. The number of benzene rings is 1. The molecule has 0 radical (unpaired) electrons. The average molecular weight is 525 g/mol. The molecule has 1 unspecified atom stereocenters. The van der Waals surface area contributed by atoms with Gasteiger partial charge in [0, 0.05) is 58.0 Å². The highest BCUT2D eigenvalue weighted by atomic mass is 127. The van der Waals surface area contributed by atoms with E-state index in [4.69, 9.17) is 0 Å². The van der Waals surface area contributed by atoms with Crippen LogP contribution in [0.2, 0.25) is 0 Å². The van der Waals surface area contributed by atoms with Crippen LogP contribution in [0.1, 0.15) is 6.42 Å². The number of sulfone groups is 1. The fourth-order valence-corrected chi connectivity index (χ4v) is 5.18. The van der Waals surface area contributed by atoms with E-state index in [0.29, 0.717) is 12.4 Å². The van der Waals surface area contributed by atoms with Crippen molar-refractivity contribution in [3.63, 3.8) is 0 Å². The van der Waals surface area contributed by atoms with Gasteiger partial charge in [0.15, 0.2) is 15.8 Å². The molecular formula is C18H29FIN5O2S. The van der Waals surface area contributed by atoms with Crippen molar-refractivity contribution in [2.24, 2.45) is 4.99 Å². The number of anilines is 1. The molecule has 0 amide bonds. The zero-order valence-corrected chi connectivity index (χ0v) is 19.3. The SMILES string of the molecule is CN=C(NCCN1CCN(c2ccc(F)cc2)CC1)NC1CCS(=O)(=O)C1.I. The second kappa shape index (κ2) is 10.6. The molecule has 0 aliphatic carbocycles. The first-order valence-corrected chi connectivity index (χ1v) is 11.2. The molecule has 2 heterocycles. The summed E-state index contributed by atoms with van der Waals surface area (Å²) in [4.78, 5) is 8.83. The largest absolute Gasteiger partial charge is 0.369 e. The van der Waals surface area contributed by atoms with E-state index in [1.807, 2.05) is 12.1 Å². The summed E-state index contributed by atoms with van der Waals surface area (Å²) in [5.74, 6) is 0.877. The van der Waals surface area contributed by atoms with Gasteiger partial charge in [-0.05, 0) is 30.7 Å². The summed E-state index contributed by atoms with van der Waals surface area (Å²) in [7, 11) is -1.20. The van der Waals surface area contributed by atoms with Gasteiger partial charge in [-0.1, -0.05) is 0 Å². The van der Waals surface area contributed by atoms with E-state index in [1.165, 1.54) is 12.1 Å². The van der Waals surface area contributed by atoms with Crippen LogP contribution in [-0.2, 0) is 9.84 Å². The zero-order valence-electron chi connectivity index (χ0n) is 16.1. The third-order valence-corrected chi connectivity index (χ3v) is 6.85. The summed E-state index contributed by atoms with van der Waals surface area (Å²) in [5, 5.41) is 6.46. The lowest BCUT2D eigenvalue weighted by Crippen LogP contribution is -2.50. The average Bonchev–Trinajstić information content (AvgIpc) is 3.00. The Labute approximate surface area is 183 Å². The van der Waals surface area contributed by atoms with Crippen LogP contribution in [0.4, 0.5) is 10.1 Å². The summed E-state index contributed by atoms with van der Waals surface area (Å²) < 4.78 is 36.1. The number of nitrogens with zero attached hydrogens (tertiary/aromatic N) is 3. The van der Waals surface area contributed by atoms with Crippen LogP contribution in [0.25, 0.3) is 0 Å². The van der Waals surface area contributed by atoms with E-state index in [-0.39, 0.29) is 47.3 Å². The highest BCUT2D eigenvalue weighted by molar-refractivity contribution is 14.0. The van der Waals surface area contributed by atoms with E-state index in [9.17, 15) is 12.8 Å². The number of piperazine rings is 1. The Bertz CT molecular complexity index is 752. The Morgan fingerprint density at radius 1 is 1.21 bits per heavy atom. The predicted octanol–water partition coefficient (Wildman–Crippen LogP) is 0.918. The highest BCUT2D eigenvalue weighted by Crippen LogP contribution is 2.16. The van der Waals surface area contributed by atoms with Crippen LogP contribution in [0, 0.1) is 5.82 Å². The van der Waals surface area contributed by atoms with Gasteiger partial charge in [0.1, 0.15) is 5.82 Å². The van der Waals surface area contributed by atoms with Gasteiger partial charge in [0.2, 0.25) is 0 Å². The molecule has 10 heteroatoms. The van der Waals surface area contributed by atoms with Crippen LogP contribution in [0.5, 0.6) is 0 Å². The number of hydrogen-bond donors (Lipinski definition) is 2. The molecule has 0 bridgehead atoms. The molecular weight excluding hydrogens is 496 g/mol. The van der Waals surface area contributed by atoms with Crippen molar-refractivity contribution in [1.29, 1.82) is 0 Å². The Morgan fingerprint density at radius 2 is 1.89 bits per heavy atom.